The number of nitrogens with zero attached hydrogens (tertiary/aromatic N) is 4. The van der Waals surface area contributed by atoms with Crippen molar-refractivity contribution in [1.82, 2.24) is 19.8 Å². The van der Waals surface area contributed by atoms with Crippen LogP contribution >= 0.6 is 35.7 Å². The van der Waals surface area contributed by atoms with Gasteiger partial charge in [-0.15, -0.1) is 24.0 Å². The average Bonchev–Trinajstić information content (AvgIpc) is 2.96. The van der Waals surface area contributed by atoms with E-state index in [9.17, 15) is 0 Å². The van der Waals surface area contributed by atoms with Crippen molar-refractivity contribution in [3.8, 4) is 0 Å². The van der Waals surface area contributed by atoms with Crippen molar-refractivity contribution in [2.75, 3.05) is 32.4 Å². The van der Waals surface area contributed by atoms with Gasteiger partial charge in [0.2, 0.25) is 0 Å². The van der Waals surface area contributed by atoms with Crippen LogP contribution in [-0.2, 0) is 6.54 Å². The summed E-state index contributed by atoms with van der Waals surface area (Å²) < 4.78 is 2.21. The van der Waals surface area contributed by atoms with Crippen molar-refractivity contribution in [3.05, 3.63) is 18.2 Å². The zero-order valence-electron chi connectivity index (χ0n) is 14.5. The highest BCUT2D eigenvalue weighted by Crippen LogP contribution is 2.20. The van der Waals surface area contributed by atoms with Gasteiger partial charge >= 0.3 is 0 Å². The first-order valence-electron chi connectivity index (χ1n) is 8.29. The van der Waals surface area contributed by atoms with Gasteiger partial charge in [0, 0.05) is 56.6 Å². The molecule has 5 nitrogen and oxygen atoms in total. The fourth-order valence-corrected chi connectivity index (χ4v) is 3.92. The van der Waals surface area contributed by atoms with Crippen LogP contribution in [0.4, 0.5) is 0 Å². The first-order chi connectivity index (χ1) is 10.7. The number of thioether (sulfide) groups is 1. The number of halogens is 1. The SMILES string of the molecule is CCC1CN(C(=NC)NCCCCn2ccnc2C)CCS1.I. The Morgan fingerprint density at radius 1 is 1.48 bits per heavy atom. The van der Waals surface area contributed by atoms with Crippen molar-refractivity contribution < 1.29 is 0 Å². The van der Waals surface area contributed by atoms with E-state index in [2.05, 4.69) is 56.6 Å². The predicted octanol–water partition coefficient (Wildman–Crippen LogP) is 2.99. The zero-order valence-corrected chi connectivity index (χ0v) is 17.6. The fourth-order valence-electron chi connectivity index (χ4n) is 2.74. The average molecular weight is 451 g/mol. The Hall–Kier alpha value is -0.440. The molecule has 1 fully saturated rings. The quantitative estimate of drug-likeness (QED) is 0.313. The van der Waals surface area contributed by atoms with Crippen molar-refractivity contribution in [2.45, 2.75) is 44.9 Å². The van der Waals surface area contributed by atoms with Gasteiger partial charge in [-0.1, -0.05) is 6.92 Å². The largest absolute Gasteiger partial charge is 0.356 e. The van der Waals surface area contributed by atoms with E-state index in [-0.39, 0.29) is 24.0 Å². The third-order valence-corrected chi connectivity index (χ3v) is 5.51. The van der Waals surface area contributed by atoms with Gasteiger partial charge in [0.15, 0.2) is 5.96 Å². The van der Waals surface area contributed by atoms with Crippen molar-refractivity contribution in [3.63, 3.8) is 0 Å². The first kappa shape index (κ1) is 20.6. The second-order valence-electron chi connectivity index (χ2n) is 5.70. The summed E-state index contributed by atoms with van der Waals surface area (Å²) in [5.41, 5.74) is 0. The van der Waals surface area contributed by atoms with Crippen LogP contribution in [0.25, 0.3) is 0 Å². The monoisotopic (exact) mass is 451 g/mol. The number of aryl methyl sites for hydroxylation is 2. The number of nitrogens with one attached hydrogen (secondary N) is 1. The van der Waals surface area contributed by atoms with Crippen LogP contribution in [0, 0.1) is 6.92 Å². The van der Waals surface area contributed by atoms with E-state index >= 15 is 0 Å². The molecule has 0 radical (unpaired) electrons. The minimum atomic E-state index is 0. The lowest BCUT2D eigenvalue weighted by molar-refractivity contribution is 0.407. The van der Waals surface area contributed by atoms with Crippen molar-refractivity contribution in [1.29, 1.82) is 0 Å². The molecule has 1 aromatic heterocycles. The molecule has 1 aromatic rings. The Morgan fingerprint density at radius 2 is 2.30 bits per heavy atom. The second kappa shape index (κ2) is 11.2. The second-order valence-corrected chi connectivity index (χ2v) is 7.10. The highest BCUT2D eigenvalue weighted by atomic mass is 127. The van der Waals surface area contributed by atoms with Gasteiger partial charge in [0.1, 0.15) is 5.82 Å². The Kier molecular flexibility index (Phi) is 10.0. The Morgan fingerprint density at radius 3 is 2.96 bits per heavy atom. The van der Waals surface area contributed by atoms with E-state index in [4.69, 9.17) is 0 Å². The van der Waals surface area contributed by atoms with E-state index in [1.165, 1.54) is 12.2 Å². The zero-order chi connectivity index (χ0) is 15.8. The molecule has 2 rings (SSSR count). The highest BCUT2D eigenvalue weighted by molar-refractivity contribution is 14.0. The molecular weight excluding hydrogens is 421 g/mol. The maximum Gasteiger partial charge on any atom is 0.193 e. The molecule has 1 saturated heterocycles. The van der Waals surface area contributed by atoms with E-state index < -0.39 is 0 Å². The number of unbranched alkanes of at least 4 members (excludes halogenated alkanes) is 1. The van der Waals surface area contributed by atoms with Gasteiger partial charge in [0.05, 0.1) is 0 Å². The molecule has 1 aliphatic heterocycles. The summed E-state index contributed by atoms with van der Waals surface area (Å²) in [5, 5.41) is 4.27. The van der Waals surface area contributed by atoms with E-state index in [1.807, 2.05) is 13.2 Å². The third kappa shape index (κ3) is 6.52. The summed E-state index contributed by atoms with van der Waals surface area (Å²) in [4.78, 5) is 11.1. The number of aliphatic imine (C=N–C) groups is 1. The van der Waals surface area contributed by atoms with Gasteiger partial charge in [-0.05, 0) is 26.2 Å². The lowest BCUT2D eigenvalue weighted by Gasteiger charge is -2.34. The van der Waals surface area contributed by atoms with E-state index in [1.54, 1.807) is 0 Å². The van der Waals surface area contributed by atoms with Crippen LogP contribution in [0.2, 0.25) is 0 Å². The summed E-state index contributed by atoms with van der Waals surface area (Å²) in [6.45, 7) is 8.59. The third-order valence-electron chi connectivity index (χ3n) is 4.14. The molecule has 132 valence electrons. The number of aromatic nitrogens is 2. The highest BCUT2D eigenvalue weighted by Gasteiger charge is 2.21. The van der Waals surface area contributed by atoms with Crippen LogP contribution < -0.4 is 5.32 Å². The number of guanidine groups is 1. The molecule has 0 spiro atoms. The maximum atomic E-state index is 4.45. The van der Waals surface area contributed by atoms with Crippen LogP contribution in [0.5, 0.6) is 0 Å². The number of hydrogen-bond acceptors (Lipinski definition) is 3. The molecule has 23 heavy (non-hydrogen) atoms. The molecule has 7 heteroatoms. The van der Waals surface area contributed by atoms with Gasteiger partial charge in [0.25, 0.3) is 0 Å². The number of imidazole rings is 1. The summed E-state index contributed by atoms with van der Waals surface area (Å²) >= 11 is 2.09. The molecule has 0 aliphatic carbocycles. The summed E-state index contributed by atoms with van der Waals surface area (Å²) in [5.74, 6) is 3.37. The fraction of sp³-hybridized carbons (Fsp3) is 0.750. The summed E-state index contributed by atoms with van der Waals surface area (Å²) in [7, 11) is 1.89. The smallest absolute Gasteiger partial charge is 0.193 e. The first-order valence-corrected chi connectivity index (χ1v) is 9.34. The Balaban J connectivity index is 0.00000264. The van der Waals surface area contributed by atoms with Crippen LogP contribution in [0.3, 0.4) is 0 Å². The Labute approximate surface area is 161 Å². The molecule has 1 unspecified atom stereocenters. The van der Waals surface area contributed by atoms with Gasteiger partial charge in [-0.3, -0.25) is 4.99 Å². The number of hydrogen-bond donors (Lipinski definition) is 1. The molecule has 1 N–H and O–H groups in total. The Bertz CT molecular complexity index is 477. The molecule has 0 amide bonds. The molecule has 1 aliphatic rings. The lowest BCUT2D eigenvalue weighted by Crippen LogP contribution is -2.48. The normalized spacial score (nSPS) is 18.7. The summed E-state index contributed by atoms with van der Waals surface area (Å²) in [6, 6.07) is 0. The van der Waals surface area contributed by atoms with Crippen molar-refractivity contribution in [2.24, 2.45) is 4.99 Å². The predicted molar refractivity (Wildman–Crippen MR) is 111 cm³/mol. The lowest BCUT2D eigenvalue weighted by atomic mass is 10.3. The van der Waals surface area contributed by atoms with E-state index in [0.29, 0.717) is 0 Å². The van der Waals surface area contributed by atoms with Crippen LogP contribution in [0.1, 0.15) is 32.0 Å². The minimum Gasteiger partial charge on any atom is -0.356 e. The number of rotatable bonds is 6. The van der Waals surface area contributed by atoms with E-state index in [0.717, 1.165) is 56.1 Å². The molecule has 2 heterocycles. The van der Waals surface area contributed by atoms with Gasteiger partial charge in [-0.25, -0.2) is 4.98 Å². The van der Waals surface area contributed by atoms with Gasteiger partial charge in [-0.2, -0.15) is 11.8 Å². The summed E-state index contributed by atoms with van der Waals surface area (Å²) in [6.07, 6.45) is 7.47. The van der Waals surface area contributed by atoms with Crippen molar-refractivity contribution >= 4 is 41.7 Å². The van der Waals surface area contributed by atoms with Gasteiger partial charge < -0.3 is 14.8 Å². The molecular formula is C16H30IN5S. The molecule has 1 atom stereocenters. The molecule has 0 saturated carbocycles. The molecule has 0 aromatic carbocycles. The van der Waals surface area contributed by atoms with Crippen LogP contribution in [0.15, 0.2) is 17.4 Å². The maximum absolute atomic E-state index is 4.45. The molecule has 0 bridgehead atoms. The van der Waals surface area contributed by atoms with Crippen LogP contribution in [-0.4, -0.2) is 58.1 Å². The standard InChI is InChI=1S/C16H29N5S.HI/c1-4-15-13-21(11-12-22-15)16(17-3)19-7-5-6-9-20-10-8-18-14(20)2;/h8,10,15H,4-7,9,11-13H2,1-3H3,(H,17,19);1H. The topological polar surface area (TPSA) is 45.5 Å². The minimum absolute atomic E-state index is 0.